The third kappa shape index (κ3) is 3.54. The Morgan fingerprint density at radius 1 is 1.19 bits per heavy atom. The summed E-state index contributed by atoms with van der Waals surface area (Å²) in [5, 5.41) is 1.00. The molecule has 0 unspecified atom stereocenters. The summed E-state index contributed by atoms with van der Waals surface area (Å²) < 4.78 is 39.4. The van der Waals surface area contributed by atoms with Crippen molar-refractivity contribution in [2.45, 2.75) is 38.0 Å². The van der Waals surface area contributed by atoms with Gasteiger partial charge in [-0.15, -0.1) is 0 Å². The summed E-state index contributed by atoms with van der Waals surface area (Å²) in [6.45, 7) is 4.66. The van der Waals surface area contributed by atoms with Gasteiger partial charge >= 0.3 is 0 Å². The molecule has 142 valence electrons. The minimum absolute atomic E-state index is 0.203. The number of nitrogens with one attached hydrogen (secondary N) is 1. The maximum absolute atomic E-state index is 12.7. The number of benzene rings is 2. The van der Waals surface area contributed by atoms with Crippen molar-refractivity contribution >= 4 is 26.7 Å². The highest BCUT2D eigenvalue weighted by atomic mass is 32.2. The van der Waals surface area contributed by atoms with Crippen molar-refractivity contribution in [3.8, 4) is 5.75 Å². The predicted molar refractivity (Wildman–Crippen MR) is 106 cm³/mol. The molecule has 6 heteroatoms. The lowest BCUT2D eigenvalue weighted by molar-refractivity contribution is 0.340. The number of sulfonamides is 1. The van der Waals surface area contributed by atoms with Crippen molar-refractivity contribution in [1.29, 1.82) is 0 Å². The molecule has 0 fully saturated rings. The number of fused-ring (bicyclic) bond motifs is 3. The monoisotopic (exact) mass is 385 g/mol. The van der Waals surface area contributed by atoms with Crippen molar-refractivity contribution in [2.24, 2.45) is 5.92 Å². The molecule has 0 bridgehead atoms. The zero-order valence-electron chi connectivity index (χ0n) is 15.5. The molecule has 1 heterocycles. The second kappa shape index (κ2) is 6.93. The van der Waals surface area contributed by atoms with Gasteiger partial charge in [0.05, 0.1) is 11.5 Å². The molecule has 3 aromatic rings. The van der Waals surface area contributed by atoms with Crippen molar-refractivity contribution in [3.63, 3.8) is 0 Å². The molecule has 27 heavy (non-hydrogen) atoms. The van der Waals surface area contributed by atoms with E-state index in [9.17, 15) is 8.42 Å². The Balaban J connectivity index is 1.63. The van der Waals surface area contributed by atoms with E-state index in [0.29, 0.717) is 24.0 Å². The van der Waals surface area contributed by atoms with Crippen molar-refractivity contribution in [3.05, 3.63) is 53.8 Å². The smallest absolute Gasteiger partial charge is 0.261 e. The van der Waals surface area contributed by atoms with Gasteiger partial charge in [-0.05, 0) is 68.1 Å². The number of furan rings is 1. The standard InChI is InChI=1S/C21H23NO4S/c1-3-25-16-6-8-17(9-7-16)27(23,24)22-15-5-11-21-19(13-15)18-12-14(2)4-10-20(18)26-21/h5-9,11,13-14,22H,3-4,10,12H2,1-2H3/t14-/m1/s1. The first-order valence-corrected chi connectivity index (χ1v) is 10.7. The van der Waals surface area contributed by atoms with Crippen LogP contribution < -0.4 is 9.46 Å². The first-order chi connectivity index (χ1) is 13.0. The topological polar surface area (TPSA) is 68.5 Å². The van der Waals surface area contributed by atoms with E-state index in [-0.39, 0.29) is 4.90 Å². The molecule has 1 aliphatic carbocycles. The van der Waals surface area contributed by atoms with E-state index in [1.807, 2.05) is 19.1 Å². The van der Waals surface area contributed by atoms with E-state index in [0.717, 1.165) is 36.0 Å². The number of rotatable bonds is 5. The Labute approximate surface area is 159 Å². The van der Waals surface area contributed by atoms with Crippen LogP contribution in [0.15, 0.2) is 51.8 Å². The Hall–Kier alpha value is -2.47. The SMILES string of the molecule is CCOc1ccc(S(=O)(=O)Nc2ccc3oc4c(c3c2)C[C@H](C)CC4)cc1. The molecule has 0 amide bonds. The van der Waals surface area contributed by atoms with Crippen LogP contribution in [-0.4, -0.2) is 15.0 Å². The third-order valence-corrected chi connectivity index (χ3v) is 6.39. The van der Waals surface area contributed by atoms with Crippen LogP contribution in [0.2, 0.25) is 0 Å². The van der Waals surface area contributed by atoms with Crippen LogP contribution in [-0.2, 0) is 22.9 Å². The highest BCUT2D eigenvalue weighted by Crippen LogP contribution is 2.35. The molecule has 1 N–H and O–H groups in total. The van der Waals surface area contributed by atoms with Crippen molar-refractivity contribution in [1.82, 2.24) is 0 Å². The fourth-order valence-electron chi connectivity index (χ4n) is 3.61. The van der Waals surface area contributed by atoms with Crippen LogP contribution in [0, 0.1) is 5.92 Å². The van der Waals surface area contributed by atoms with E-state index in [4.69, 9.17) is 9.15 Å². The van der Waals surface area contributed by atoms with Gasteiger partial charge in [0.15, 0.2) is 0 Å². The molecule has 1 aromatic heterocycles. The molecular weight excluding hydrogens is 362 g/mol. The molecule has 1 atom stereocenters. The number of ether oxygens (including phenoxy) is 1. The molecule has 5 nitrogen and oxygen atoms in total. The first-order valence-electron chi connectivity index (χ1n) is 9.26. The van der Waals surface area contributed by atoms with Crippen molar-refractivity contribution in [2.75, 3.05) is 11.3 Å². The molecular formula is C21H23NO4S. The normalized spacial score (nSPS) is 16.9. The summed E-state index contributed by atoms with van der Waals surface area (Å²) in [5.74, 6) is 2.30. The molecule has 4 rings (SSSR count). The van der Waals surface area contributed by atoms with Gasteiger partial charge in [0.1, 0.15) is 17.1 Å². The van der Waals surface area contributed by atoms with E-state index in [1.165, 1.54) is 5.56 Å². The Morgan fingerprint density at radius 2 is 1.96 bits per heavy atom. The van der Waals surface area contributed by atoms with E-state index in [2.05, 4.69) is 11.6 Å². The maximum atomic E-state index is 12.7. The van der Waals surface area contributed by atoms with E-state index >= 15 is 0 Å². The van der Waals surface area contributed by atoms with Gasteiger partial charge in [0.2, 0.25) is 0 Å². The highest BCUT2D eigenvalue weighted by Gasteiger charge is 2.22. The Kier molecular flexibility index (Phi) is 4.60. The predicted octanol–water partition coefficient (Wildman–Crippen LogP) is 4.76. The zero-order valence-corrected chi connectivity index (χ0v) is 16.3. The van der Waals surface area contributed by atoms with Gasteiger partial charge in [-0.25, -0.2) is 8.42 Å². The third-order valence-electron chi connectivity index (χ3n) is 4.99. The number of aryl methyl sites for hydroxylation is 1. The van der Waals surface area contributed by atoms with Crippen molar-refractivity contribution < 1.29 is 17.6 Å². The molecule has 0 spiro atoms. The minimum Gasteiger partial charge on any atom is -0.494 e. The number of hydrogen-bond donors (Lipinski definition) is 1. The van der Waals surface area contributed by atoms with E-state index < -0.39 is 10.0 Å². The molecule has 2 aromatic carbocycles. The molecule has 1 aliphatic rings. The maximum Gasteiger partial charge on any atom is 0.261 e. The average molecular weight is 385 g/mol. The molecule has 0 radical (unpaired) electrons. The Bertz CT molecular complexity index is 1070. The van der Waals surface area contributed by atoms with E-state index in [1.54, 1.807) is 30.3 Å². The fraction of sp³-hybridized carbons (Fsp3) is 0.333. The summed E-state index contributed by atoms with van der Waals surface area (Å²) in [6, 6.07) is 11.9. The van der Waals surface area contributed by atoms with Crippen LogP contribution in [0.3, 0.4) is 0 Å². The molecule has 0 saturated carbocycles. The number of anilines is 1. The van der Waals surface area contributed by atoms with Gasteiger partial charge in [0.25, 0.3) is 10.0 Å². The van der Waals surface area contributed by atoms with Gasteiger partial charge in [-0.2, -0.15) is 0 Å². The Morgan fingerprint density at radius 3 is 2.70 bits per heavy atom. The lowest BCUT2D eigenvalue weighted by Gasteiger charge is -2.16. The number of hydrogen-bond acceptors (Lipinski definition) is 4. The summed E-state index contributed by atoms with van der Waals surface area (Å²) in [6.07, 6.45) is 3.04. The summed E-state index contributed by atoms with van der Waals surface area (Å²) in [5.41, 5.74) is 2.57. The lowest BCUT2D eigenvalue weighted by Crippen LogP contribution is -2.13. The largest absolute Gasteiger partial charge is 0.494 e. The van der Waals surface area contributed by atoms with Crippen LogP contribution in [0.5, 0.6) is 5.75 Å². The van der Waals surface area contributed by atoms with Gasteiger partial charge in [-0.3, -0.25) is 4.72 Å². The molecule has 0 aliphatic heterocycles. The van der Waals surface area contributed by atoms with Crippen LogP contribution in [0.4, 0.5) is 5.69 Å². The summed E-state index contributed by atoms with van der Waals surface area (Å²) in [4.78, 5) is 0.203. The average Bonchev–Trinajstić information content (AvgIpc) is 2.99. The van der Waals surface area contributed by atoms with Gasteiger partial charge < -0.3 is 9.15 Å². The molecule has 0 saturated heterocycles. The van der Waals surface area contributed by atoms with Crippen LogP contribution in [0.25, 0.3) is 11.0 Å². The second-order valence-corrected chi connectivity index (χ2v) is 8.76. The minimum atomic E-state index is -3.66. The first kappa shape index (κ1) is 17.9. The fourth-order valence-corrected chi connectivity index (χ4v) is 4.66. The zero-order chi connectivity index (χ0) is 19.0. The summed E-state index contributed by atoms with van der Waals surface area (Å²) >= 11 is 0. The van der Waals surface area contributed by atoms with Gasteiger partial charge in [0, 0.05) is 23.1 Å². The summed E-state index contributed by atoms with van der Waals surface area (Å²) in [7, 11) is -3.66. The van der Waals surface area contributed by atoms with Gasteiger partial charge in [-0.1, -0.05) is 6.92 Å². The van der Waals surface area contributed by atoms with Crippen LogP contribution >= 0.6 is 0 Å². The second-order valence-electron chi connectivity index (χ2n) is 7.07. The quantitative estimate of drug-likeness (QED) is 0.688. The van der Waals surface area contributed by atoms with Crippen LogP contribution in [0.1, 0.15) is 31.6 Å². The lowest BCUT2D eigenvalue weighted by atomic mass is 9.88. The highest BCUT2D eigenvalue weighted by molar-refractivity contribution is 7.92.